The van der Waals surface area contributed by atoms with Crippen molar-refractivity contribution in [3.8, 4) is 0 Å². The number of hydrogen-bond acceptors (Lipinski definition) is 3. The normalized spacial score (nSPS) is 10.4. The molecule has 3 heteroatoms. The van der Waals surface area contributed by atoms with Gasteiger partial charge in [-0.05, 0) is 31.5 Å². The third kappa shape index (κ3) is 3.83. The highest BCUT2D eigenvalue weighted by Gasteiger charge is 2.00. The molecule has 0 fully saturated rings. The van der Waals surface area contributed by atoms with Gasteiger partial charge in [0.2, 0.25) is 0 Å². The molecule has 0 bridgehead atoms. The Labute approximate surface area is 98.1 Å². The fourth-order valence-electron chi connectivity index (χ4n) is 1.73. The van der Waals surface area contributed by atoms with Gasteiger partial charge in [0.15, 0.2) is 0 Å². The third-order valence-electron chi connectivity index (χ3n) is 2.68. The maximum absolute atomic E-state index is 8.66. The highest BCUT2D eigenvalue weighted by atomic mass is 16.3. The van der Waals surface area contributed by atoms with Crippen molar-refractivity contribution in [1.82, 2.24) is 5.32 Å². The largest absolute Gasteiger partial charge is 0.395 e. The van der Waals surface area contributed by atoms with Gasteiger partial charge in [-0.25, -0.2) is 0 Å². The molecule has 1 aromatic rings. The summed E-state index contributed by atoms with van der Waals surface area (Å²) in [5, 5.41) is 11.8. The van der Waals surface area contributed by atoms with Crippen LogP contribution in [0.5, 0.6) is 0 Å². The Hall–Kier alpha value is -1.06. The number of rotatable bonds is 7. The van der Waals surface area contributed by atoms with E-state index in [9.17, 15) is 0 Å². The molecule has 0 aliphatic heterocycles. The molecular weight excluding hydrogens is 200 g/mol. The lowest BCUT2D eigenvalue weighted by Gasteiger charge is -2.21. The fraction of sp³-hybridized carbons (Fsp3) is 0.538. The molecule has 1 aromatic carbocycles. The fourth-order valence-corrected chi connectivity index (χ4v) is 1.73. The molecule has 0 unspecified atom stereocenters. The van der Waals surface area contributed by atoms with Gasteiger partial charge < -0.3 is 15.3 Å². The standard InChI is InChI=1S/C13H22N2O/c1-3-15(4-2)13-7-5-12(6-8-13)11-14-9-10-16/h5-8,14,16H,3-4,9-11H2,1-2H3. The molecule has 0 saturated carbocycles. The molecule has 0 aromatic heterocycles. The molecule has 3 nitrogen and oxygen atoms in total. The minimum absolute atomic E-state index is 0.192. The van der Waals surface area contributed by atoms with E-state index in [4.69, 9.17) is 5.11 Å². The Morgan fingerprint density at radius 1 is 1.12 bits per heavy atom. The maximum atomic E-state index is 8.66. The van der Waals surface area contributed by atoms with Gasteiger partial charge in [0.1, 0.15) is 0 Å². The molecule has 0 amide bonds. The lowest BCUT2D eigenvalue weighted by molar-refractivity contribution is 0.292. The molecule has 0 aliphatic rings. The first kappa shape index (κ1) is 13.0. The average molecular weight is 222 g/mol. The molecule has 0 atom stereocenters. The first-order valence-corrected chi connectivity index (χ1v) is 5.97. The number of nitrogens with zero attached hydrogens (tertiary/aromatic N) is 1. The maximum Gasteiger partial charge on any atom is 0.0556 e. The predicted molar refractivity (Wildman–Crippen MR) is 68.8 cm³/mol. The van der Waals surface area contributed by atoms with Crippen LogP contribution in [-0.4, -0.2) is 31.3 Å². The SMILES string of the molecule is CCN(CC)c1ccc(CNCCO)cc1. The van der Waals surface area contributed by atoms with E-state index in [1.54, 1.807) is 0 Å². The van der Waals surface area contributed by atoms with E-state index in [0.717, 1.165) is 19.6 Å². The number of benzene rings is 1. The second kappa shape index (κ2) is 7.25. The first-order valence-electron chi connectivity index (χ1n) is 5.97. The minimum Gasteiger partial charge on any atom is -0.395 e. The van der Waals surface area contributed by atoms with Gasteiger partial charge in [-0.2, -0.15) is 0 Å². The van der Waals surface area contributed by atoms with E-state index < -0.39 is 0 Å². The van der Waals surface area contributed by atoms with Crippen LogP contribution in [0.15, 0.2) is 24.3 Å². The number of anilines is 1. The van der Waals surface area contributed by atoms with Crippen molar-refractivity contribution in [1.29, 1.82) is 0 Å². The topological polar surface area (TPSA) is 35.5 Å². The predicted octanol–water partition coefficient (Wildman–Crippen LogP) is 1.61. The quantitative estimate of drug-likeness (QED) is 0.688. The molecule has 2 N–H and O–H groups in total. The number of aliphatic hydroxyl groups excluding tert-OH is 1. The molecule has 1 rings (SSSR count). The summed E-state index contributed by atoms with van der Waals surface area (Å²) in [4.78, 5) is 2.32. The van der Waals surface area contributed by atoms with Crippen LogP contribution >= 0.6 is 0 Å². The van der Waals surface area contributed by atoms with Crippen molar-refractivity contribution in [2.24, 2.45) is 0 Å². The highest BCUT2D eigenvalue weighted by Crippen LogP contribution is 2.14. The number of aliphatic hydroxyl groups is 1. The Morgan fingerprint density at radius 2 is 1.75 bits per heavy atom. The van der Waals surface area contributed by atoms with E-state index in [0.29, 0.717) is 6.54 Å². The summed E-state index contributed by atoms with van der Waals surface area (Å²) in [6.07, 6.45) is 0. The summed E-state index contributed by atoms with van der Waals surface area (Å²) in [6, 6.07) is 8.59. The zero-order valence-electron chi connectivity index (χ0n) is 10.2. The molecule has 0 radical (unpaired) electrons. The molecule has 0 heterocycles. The van der Waals surface area contributed by atoms with Crippen LogP contribution in [0.2, 0.25) is 0 Å². The van der Waals surface area contributed by atoms with Crippen LogP contribution < -0.4 is 10.2 Å². The van der Waals surface area contributed by atoms with Crippen LogP contribution in [0.25, 0.3) is 0 Å². The molecule has 0 spiro atoms. The van der Waals surface area contributed by atoms with Gasteiger partial charge >= 0.3 is 0 Å². The molecule has 90 valence electrons. The summed E-state index contributed by atoms with van der Waals surface area (Å²) >= 11 is 0. The highest BCUT2D eigenvalue weighted by molar-refractivity contribution is 5.47. The van der Waals surface area contributed by atoms with E-state index in [-0.39, 0.29) is 6.61 Å². The zero-order chi connectivity index (χ0) is 11.8. The number of hydrogen-bond donors (Lipinski definition) is 2. The second-order valence-corrected chi connectivity index (χ2v) is 3.74. The summed E-state index contributed by atoms with van der Waals surface area (Å²) < 4.78 is 0. The minimum atomic E-state index is 0.192. The zero-order valence-corrected chi connectivity index (χ0v) is 10.2. The molecule has 16 heavy (non-hydrogen) atoms. The van der Waals surface area contributed by atoms with Crippen molar-refractivity contribution in [2.45, 2.75) is 20.4 Å². The van der Waals surface area contributed by atoms with Crippen molar-refractivity contribution >= 4 is 5.69 Å². The lowest BCUT2D eigenvalue weighted by Crippen LogP contribution is -2.22. The summed E-state index contributed by atoms with van der Waals surface area (Å²) in [5.41, 5.74) is 2.53. The van der Waals surface area contributed by atoms with Gasteiger partial charge in [-0.1, -0.05) is 12.1 Å². The summed E-state index contributed by atoms with van der Waals surface area (Å²) in [5.74, 6) is 0. The van der Waals surface area contributed by atoms with Crippen molar-refractivity contribution < 1.29 is 5.11 Å². The number of nitrogens with one attached hydrogen (secondary N) is 1. The van der Waals surface area contributed by atoms with Crippen molar-refractivity contribution in [3.05, 3.63) is 29.8 Å². The third-order valence-corrected chi connectivity index (χ3v) is 2.68. The van der Waals surface area contributed by atoms with Crippen molar-refractivity contribution in [2.75, 3.05) is 31.1 Å². The smallest absolute Gasteiger partial charge is 0.0556 e. The Morgan fingerprint density at radius 3 is 2.25 bits per heavy atom. The first-order chi connectivity index (χ1) is 7.81. The van der Waals surface area contributed by atoms with Gasteiger partial charge in [0, 0.05) is 31.9 Å². The summed E-state index contributed by atoms with van der Waals surface area (Å²) in [7, 11) is 0. The van der Waals surface area contributed by atoms with Crippen LogP contribution in [0.3, 0.4) is 0 Å². The van der Waals surface area contributed by atoms with Crippen LogP contribution in [-0.2, 0) is 6.54 Å². The Bertz CT molecular complexity index is 280. The summed E-state index contributed by atoms with van der Waals surface area (Å²) in [6.45, 7) is 8.08. The van der Waals surface area contributed by atoms with E-state index in [1.165, 1.54) is 11.3 Å². The second-order valence-electron chi connectivity index (χ2n) is 3.74. The lowest BCUT2D eigenvalue weighted by atomic mass is 10.2. The average Bonchev–Trinajstić information content (AvgIpc) is 2.33. The van der Waals surface area contributed by atoms with Gasteiger partial charge in [-0.3, -0.25) is 0 Å². The molecule has 0 aliphatic carbocycles. The molecular formula is C13H22N2O. The van der Waals surface area contributed by atoms with Crippen LogP contribution in [0.1, 0.15) is 19.4 Å². The molecule has 0 saturated heterocycles. The Kier molecular flexibility index (Phi) is 5.90. The van der Waals surface area contributed by atoms with Crippen LogP contribution in [0.4, 0.5) is 5.69 Å². The van der Waals surface area contributed by atoms with Gasteiger partial charge in [0.25, 0.3) is 0 Å². The Balaban J connectivity index is 2.53. The van der Waals surface area contributed by atoms with Crippen LogP contribution in [0, 0.1) is 0 Å². The monoisotopic (exact) mass is 222 g/mol. The van der Waals surface area contributed by atoms with Crippen molar-refractivity contribution in [3.63, 3.8) is 0 Å². The van der Waals surface area contributed by atoms with Gasteiger partial charge in [0.05, 0.1) is 6.61 Å². The van der Waals surface area contributed by atoms with Gasteiger partial charge in [-0.15, -0.1) is 0 Å². The van der Waals surface area contributed by atoms with E-state index in [1.807, 2.05) is 0 Å². The van der Waals surface area contributed by atoms with E-state index >= 15 is 0 Å². The van der Waals surface area contributed by atoms with E-state index in [2.05, 4.69) is 48.3 Å².